The summed E-state index contributed by atoms with van der Waals surface area (Å²) >= 11 is 0. The van der Waals surface area contributed by atoms with Gasteiger partial charge < -0.3 is 14.6 Å². The number of hydrogen-bond acceptors (Lipinski definition) is 4. The zero-order valence-corrected chi connectivity index (χ0v) is 10.4. The lowest BCUT2D eigenvalue weighted by atomic mass is 10.1. The van der Waals surface area contributed by atoms with Crippen LogP contribution in [0.4, 0.5) is 0 Å². The number of amides is 1. The van der Waals surface area contributed by atoms with Gasteiger partial charge in [0.2, 0.25) is 5.91 Å². The Bertz CT molecular complexity index is 652. The minimum absolute atomic E-state index is 0.117. The van der Waals surface area contributed by atoms with E-state index in [0.29, 0.717) is 17.5 Å². The second kappa shape index (κ2) is 4.89. The van der Waals surface area contributed by atoms with Gasteiger partial charge >= 0.3 is 5.76 Å². The smallest absolute Gasteiger partial charge is 0.408 e. The molecule has 1 amide bonds. The maximum Gasteiger partial charge on any atom is 0.417 e. The van der Waals surface area contributed by atoms with Gasteiger partial charge in [0.25, 0.3) is 0 Å². The normalized spacial score (nSPS) is 15.9. The molecular weight excluding hydrogens is 246 g/mol. The fourth-order valence-electron chi connectivity index (χ4n) is 2.31. The average Bonchev–Trinajstić information content (AvgIpc) is 2.79. The van der Waals surface area contributed by atoms with Gasteiger partial charge in [-0.15, -0.1) is 0 Å². The van der Waals surface area contributed by atoms with Crippen LogP contribution in [0.5, 0.6) is 0 Å². The van der Waals surface area contributed by atoms with Crippen LogP contribution in [0.2, 0.25) is 0 Å². The van der Waals surface area contributed by atoms with Crippen molar-refractivity contribution in [3.63, 3.8) is 0 Å². The minimum Gasteiger partial charge on any atom is -0.408 e. The number of H-pyrrole nitrogens is 1. The Kier molecular flexibility index (Phi) is 3.08. The summed E-state index contributed by atoms with van der Waals surface area (Å²) in [5.74, 6) is -0.354. The van der Waals surface area contributed by atoms with Crippen LogP contribution >= 0.6 is 0 Å². The lowest BCUT2D eigenvalue weighted by molar-refractivity contribution is -0.131. The molecular formula is C13H15N3O3. The summed E-state index contributed by atoms with van der Waals surface area (Å²) in [6.45, 7) is 3.20. The van der Waals surface area contributed by atoms with Gasteiger partial charge in [0.05, 0.1) is 11.9 Å². The van der Waals surface area contributed by atoms with E-state index in [1.165, 1.54) is 0 Å². The number of hydrogen-bond donors (Lipinski definition) is 2. The Hall–Kier alpha value is -2.08. The summed E-state index contributed by atoms with van der Waals surface area (Å²) in [5.41, 5.74) is 2.03. The average molecular weight is 261 g/mol. The molecule has 2 heterocycles. The summed E-state index contributed by atoms with van der Waals surface area (Å²) in [6, 6.07) is 5.33. The van der Waals surface area contributed by atoms with Crippen molar-refractivity contribution in [1.82, 2.24) is 15.2 Å². The van der Waals surface area contributed by atoms with Crippen molar-refractivity contribution in [3.8, 4) is 0 Å². The van der Waals surface area contributed by atoms with E-state index in [1.807, 2.05) is 11.0 Å². The first-order valence-electron chi connectivity index (χ1n) is 6.32. The van der Waals surface area contributed by atoms with E-state index < -0.39 is 5.76 Å². The van der Waals surface area contributed by atoms with E-state index in [0.717, 1.165) is 31.7 Å². The van der Waals surface area contributed by atoms with Crippen LogP contribution in [0.25, 0.3) is 11.1 Å². The number of carbonyl (C=O) groups is 1. The first-order chi connectivity index (χ1) is 9.22. The summed E-state index contributed by atoms with van der Waals surface area (Å²) in [6.07, 6.45) is 0.350. The fourth-order valence-corrected chi connectivity index (χ4v) is 2.31. The third-order valence-electron chi connectivity index (χ3n) is 3.31. The zero-order valence-electron chi connectivity index (χ0n) is 10.4. The second-order valence-electron chi connectivity index (χ2n) is 4.65. The van der Waals surface area contributed by atoms with Gasteiger partial charge in [-0.2, -0.15) is 0 Å². The Morgan fingerprint density at radius 1 is 1.32 bits per heavy atom. The molecule has 1 aliphatic rings. The van der Waals surface area contributed by atoms with Crippen molar-refractivity contribution in [2.24, 2.45) is 0 Å². The highest BCUT2D eigenvalue weighted by atomic mass is 16.4. The predicted octanol–water partition coefficient (Wildman–Crippen LogP) is 0.0954. The molecule has 6 nitrogen and oxygen atoms in total. The molecule has 2 N–H and O–H groups in total. The van der Waals surface area contributed by atoms with E-state index in [4.69, 9.17) is 4.42 Å². The van der Waals surface area contributed by atoms with Crippen LogP contribution < -0.4 is 11.1 Å². The number of fused-ring (bicyclic) bond motifs is 1. The molecule has 1 aliphatic heterocycles. The Morgan fingerprint density at radius 3 is 2.89 bits per heavy atom. The van der Waals surface area contributed by atoms with E-state index >= 15 is 0 Å². The SMILES string of the molecule is O=C(Cc1ccc2oc(=O)[nH]c2c1)N1CCNCC1. The summed E-state index contributed by atoms with van der Waals surface area (Å²) in [5, 5.41) is 3.21. The quantitative estimate of drug-likeness (QED) is 0.803. The van der Waals surface area contributed by atoms with Crippen LogP contribution in [-0.4, -0.2) is 42.0 Å². The highest BCUT2D eigenvalue weighted by Crippen LogP contribution is 2.13. The fraction of sp³-hybridized carbons (Fsp3) is 0.385. The van der Waals surface area contributed by atoms with Crippen molar-refractivity contribution in [2.45, 2.75) is 6.42 Å². The van der Waals surface area contributed by atoms with Gasteiger partial charge in [-0.1, -0.05) is 6.07 Å². The third-order valence-corrected chi connectivity index (χ3v) is 3.31. The molecule has 1 aromatic heterocycles. The van der Waals surface area contributed by atoms with Crippen LogP contribution in [-0.2, 0) is 11.2 Å². The number of rotatable bonds is 2. The maximum absolute atomic E-state index is 12.1. The van der Waals surface area contributed by atoms with Gasteiger partial charge in [0, 0.05) is 26.2 Å². The van der Waals surface area contributed by atoms with Gasteiger partial charge in [0.15, 0.2) is 5.58 Å². The highest BCUT2D eigenvalue weighted by Gasteiger charge is 2.16. The van der Waals surface area contributed by atoms with Crippen molar-refractivity contribution in [1.29, 1.82) is 0 Å². The number of aromatic amines is 1. The first-order valence-corrected chi connectivity index (χ1v) is 6.32. The molecule has 0 spiro atoms. The molecule has 0 radical (unpaired) electrons. The molecule has 6 heteroatoms. The number of piperazine rings is 1. The van der Waals surface area contributed by atoms with E-state index in [9.17, 15) is 9.59 Å². The van der Waals surface area contributed by atoms with Crippen molar-refractivity contribution < 1.29 is 9.21 Å². The van der Waals surface area contributed by atoms with Crippen LogP contribution in [0.15, 0.2) is 27.4 Å². The largest absolute Gasteiger partial charge is 0.417 e. The molecule has 0 saturated carbocycles. The van der Waals surface area contributed by atoms with E-state index in [1.54, 1.807) is 12.1 Å². The number of benzene rings is 1. The number of nitrogens with zero attached hydrogens (tertiary/aromatic N) is 1. The Morgan fingerprint density at radius 2 is 2.11 bits per heavy atom. The monoisotopic (exact) mass is 261 g/mol. The van der Waals surface area contributed by atoms with Gasteiger partial charge in [-0.25, -0.2) is 4.79 Å². The lowest BCUT2D eigenvalue weighted by Crippen LogP contribution is -2.46. The number of carbonyl (C=O) groups excluding carboxylic acids is 1. The molecule has 0 unspecified atom stereocenters. The lowest BCUT2D eigenvalue weighted by Gasteiger charge is -2.27. The van der Waals surface area contributed by atoms with Gasteiger partial charge in [-0.3, -0.25) is 9.78 Å². The van der Waals surface area contributed by atoms with Crippen molar-refractivity contribution >= 4 is 17.0 Å². The summed E-state index contributed by atoms with van der Waals surface area (Å²) in [7, 11) is 0. The molecule has 1 saturated heterocycles. The molecule has 1 aromatic carbocycles. The second-order valence-corrected chi connectivity index (χ2v) is 4.65. The first kappa shape index (κ1) is 12.0. The minimum atomic E-state index is -0.472. The zero-order chi connectivity index (χ0) is 13.2. The van der Waals surface area contributed by atoms with E-state index in [2.05, 4.69) is 10.3 Å². The molecule has 0 bridgehead atoms. The Balaban J connectivity index is 1.76. The topological polar surface area (TPSA) is 78.3 Å². The van der Waals surface area contributed by atoms with Crippen molar-refractivity contribution in [2.75, 3.05) is 26.2 Å². The third kappa shape index (κ3) is 2.53. The molecule has 2 aromatic rings. The van der Waals surface area contributed by atoms with Gasteiger partial charge in [-0.05, 0) is 17.7 Å². The van der Waals surface area contributed by atoms with Crippen molar-refractivity contribution in [3.05, 3.63) is 34.3 Å². The van der Waals surface area contributed by atoms with Crippen LogP contribution in [0.3, 0.4) is 0 Å². The summed E-state index contributed by atoms with van der Waals surface area (Å²) in [4.78, 5) is 27.6. The molecule has 0 atom stereocenters. The predicted molar refractivity (Wildman–Crippen MR) is 70.0 cm³/mol. The highest BCUT2D eigenvalue weighted by molar-refractivity contribution is 5.81. The molecule has 19 heavy (non-hydrogen) atoms. The molecule has 3 rings (SSSR count). The summed E-state index contributed by atoms with van der Waals surface area (Å²) < 4.78 is 4.93. The standard InChI is InChI=1S/C13H15N3O3/c17-12(16-5-3-14-4-6-16)8-9-1-2-11-10(7-9)15-13(18)19-11/h1-2,7,14H,3-6,8H2,(H,15,18). The molecule has 0 aliphatic carbocycles. The number of oxazole rings is 1. The molecule has 1 fully saturated rings. The molecule has 100 valence electrons. The van der Waals surface area contributed by atoms with E-state index in [-0.39, 0.29) is 5.91 Å². The Labute approximate surface area is 109 Å². The van der Waals surface area contributed by atoms with Crippen LogP contribution in [0.1, 0.15) is 5.56 Å². The number of nitrogens with one attached hydrogen (secondary N) is 2. The van der Waals surface area contributed by atoms with Crippen LogP contribution in [0, 0.1) is 0 Å². The maximum atomic E-state index is 12.1. The number of aromatic nitrogens is 1. The van der Waals surface area contributed by atoms with Gasteiger partial charge in [0.1, 0.15) is 0 Å².